The molecular formula is C24H30N2O4. The van der Waals surface area contributed by atoms with Gasteiger partial charge in [0.1, 0.15) is 0 Å². The van der Waals surface area contributed by atoms with Crippen LogP contribution in [0.15, 0.2) is 48.5 Å². The Morgan fingerprint density at radius 1 is 0.867 bits per heavy atom. The fraction of sp³-hybridized carbons (Fsp3) is 0.417. The summed E-state index contributed by atoms with van der Waals surface area (Å²) in [4.78, 5) is 29.6. The summed E-state index contributed by atoms with van der Waals surface area (Å²) in [5.74, 6) is 1.40. The molecule has 1 fully saturated rings. The first-order valence-corrected chi connectivity index (χ1v) is 10.2. The van der Waals surface area contributed by atoms with E-state index in [1.807, 2.05) is 72.2 Å². The molecule has 1 heterocycles. The maximum Gasteiger partial charge on any atom is 0.232 e. The summed E-state index contributed by atoms with van der Waals surface area (Å²) >= 11 is 0. The molecule has 0 radical (unpaired) electrons. The molecule has 160 valence electrons. The highest BCUT2D eigenvalue weighted by Crippen LogP contribution is 2.28. The van der Waals surface area contributed by atoms with Crippen LogP contribution in [0.3, 0.4) is 0 Å². The summed E-state index contributed by atoms with van der Waals surface area (Å²) in [5.41, 5.74) is 1.29. The van der Waals surface area contributed by atoms with Gasteiger partial charge in [0.25, 0.3) is 0 Å². The Kier molecular flexibility index (Phi) is 6.65. The molecule has 6 heteroatoms. The molecule has 0 aliphatic carbocycles. The quantitative estimate of drug-likeness (QED) is 0.735. The monoisotopic (exact) mass is 410 g/mol. The fourth-order valence-electron chi connectivity index (χ4n) is 3.81. The van der Waals surface area contributed by atoms with E-state index in [-0.39, 0.29) is 11.8 Å². The summed E-state index contributed by atoms with van der Waals surface area (Å²) in [6.45, 7) is 6.10. The van der Waals surface area contributed by atoms with Gasteiger partial charge in [-0.2, -0.15) is 0 Å². The molecular weight excluding hydrogens is 380 g/mol. The first-order chi connectivity index (χ1) is 14.4. The van der Waals surface area contributed by atoms with Crippen molar-refractivity contribution >= 4 is 11.8 Å². The first-order valence-electron chi connectivity index (χ1n) is 10.2. The molecule has 2 aromatic carbocycles. The standard InChI is InChI=1S/C24H30N2O4/c1-24(2,19-8-6-5-7-9-19)23(28)26-14-12-25(13-15-26)22(27)17-18-10-11-20(29-3)21(16-18)30-4/h5-11,16H,12-15,17H2,1-4H3. The summed E-state index contributed by atoms with van der Waals surface area (Å²) in [5, 5.41) is 0. The van der Waals surface area contributed by atoms with Gasteiger partial charge in [-0.05, 0) is 37.1 Å². The second kappa shape index (κ2) is 9.20. The minimum Gasteiger partial charge on any atom is -0.493 e. The number of benzene rings is 2. The lowest BCUT2D eigenvalue weighted by Gasteiger charge is -2.39. The summed E-state index contributed by atoms with van der Waals surface area (Å²) < 4.78 is 10.6. The summed E-state index contributed by atoms with van der Waals surface area (Å²) in [6, 6.07) is 15.3. The van der Waals surface area contributed by atoms with Crippen molar-refractivity contribution < 1.29 is 19.1 Å². The highest BCUT2D eigenvalue weighted by Gasteiger charge is 2.35. The van der Waals surface area contributed by atoms with E-state index in [2.05, 4.69) is 0 Å². The number of hydrogen-bond donors (Lipinski definition) is 0. The fourth-order valence-corrected chi connectivity index (χ4v) is 3.81. The van der Waals surface area contributed by atoms with E-state index in [0.29, 0.717) is 44.1 Å². The van der Waals surface area contributed by atoms with Crippen molar-refractivity contribution in [2.75, 3.05) is 40.4 Å². The number of carbonyl (C=O) groups excluding carboxylic acids is 2. The number of nitrogens with zero attached hydrogens (tertiary/aromatic N) is 2. The molecule has 0 atom stereocenters. The zero-order valence-electron chi connectivity index (χ0n) is 18.2. The van der Waals surface area contributed by atoms with Gasteiger partial charge in [-0.15, -0.1) is 0 Å². The molecule has 2 aromatic rings. The second-order valence-corrected chi connectivity index (χ2v) is 8.03. The molecule has 1 saturated heterocycles. The van der Waals surface area contributed by atoms with E-state index in [9.17, 15) is 9.59 Å². The maximum atomic E-state index is 13.1. The van der Waals surface area contributed by atoms with Crippen LogP contribution in [0.4, 0.5) is 0 Å². The second-order valence-electron chi connectivity index (χ2n) is 8.03. The van der Waals surface area contributed by atoms with Crippen molar-refractivity contribution in [2.45, 2.75) is 25.7 Å². The normalized spacial score (nSPS) is 14.4. The molecule has 3 rings (SSSR count). The predicted molar refractivity (Wildman–Crippen MR) is 116 cm³/mol. The van der Waals surface area contributed by atoms with Gasteiger partial charge in [0, 0.05) is 26.2 Å². The van der Waals surface area contributed by atoms with Crippen LogP contribution in [0.1, 0.15) is 25.0 Å². The van der Waals surface area contributed by atoms with Gasteiger partial charge in [-0.3, -0.25) is 9.59 Å². The average molecular weight is 411 g/mol. The molecule has 0 saturated carbocycles. The highest BCUT2D eigenvalue weighted by atomic mass is 16.5. The van der Waals surface area contributed by atoms with Crippen molar-refractivity contribution in [2.24, 2.45) is 0 Å². The molecule has 0 unspecified atom stereocenters. The third kappa shape index (κ3) is 4.58. The molecule has 0 aromatic heterocycles. The van der Waals surface area contributed by atoms with E-state index in [1.54, 1.807) is 14.2 Å². The number of carbonyl (C=O) groups is 2. The lowest BCUT2D eigenvalue weighted by molar-refractivity contribution is -0.142. The number of methoxy groups -OCH3 is 2. The van der Waals surface area contributed by atoms with Crippen LogP contribution < -0.4 is 9.47 Å². The Hall–Kier alpha value is -3.02. The molecule has 0 spiro atoms. The Bertz CT molecular complexity index is 887. The van der Waals surface area contributed by atoms with Crippen molar-refractivity contribution in [3.63, 3.8) is 0 Å². The Labute approximate surface area is 178 Å². The minimum absolute atomic E-state index is 0.0524. The van der Waals surface area contributed by atoms with Crippen molar-refractivity contribution in [3.05, 3.63) is 59.7 Å². The molecule has 1 aliphatic rings. The van der Waals surface area contributed by atoms with Gasteiger partial charge < -0.3 is 19.3 Å². The third-order valence-electron chi connectivity index (χ3n) is 5.75. The van der Waals surface area contributed by atoms with Crippen LogP contribution in [0.5, 0.6) is 11.5 Å². The van der Waals surface area contributed by atoms with Crippen molar-refractivity contribution in [1.29, 1.82) is 0 Å². The summed E-state index contributed by atoms with van der Waals surface area (Å²) in [7, 11) is 3.17. The van der Waals surface area contributed by atoms with Gasteiger partial charge in [0.2, 0.25) is 11.8 Å². The Morgan fingerprint density at radius 3 is 2.07 bits per heavy atom. The number of hydrogen-bond acceptors (Lipinski definition) is 4. The molecule has 0 bridgehead atoms. The van der Waals surface area contributed by atoms with Gasteiger partial charge >= 0.3 is 0 Å². The van der Waals surface area contributed by atoms with Gasteiger partial charge in [-0.25, -0.2) is 0 Å². The van der Waals surface area contributed by atoms with Crippen LogP contribution in [0.25, 0.3) is 0 Å². The number of piperazine rings is 1. The minimum atomic E-state index is -0.590. The predicted octanol–water partition coefficient (Wildman–Crippen LogP) is 2.89. The summed E-state index contributed by atoms with van der Waals surface area (Å²) in [6.07, 6.45) is 0.295. The largest absolute Gasteiger partial charge is 0.493 e. The average Bonchev–Trinajstić information content (AvgIpc) is 2.79. The Morgan fingerprint density at radius 2 is 1.47 bits per heavy atom. The van der Waals surface area contributed by atoms with Gasteiger partial charge in [-0.1, -0.05) is 36.4 Å². The van der Waals surface area contributed by atoms with Crippen LogP contribution in [0.2, 0.25) is 0 Å². The van der Waals surface area contributed by atoms with Crippen molar-refractivity contribution in [1.82, 2.24) is 9.80 Å². The van der Waals surface area contributed by atoms with Crippen LogP contribution in [-0.4, -0.2) is 62.0 Å². The molecule has 1 aliphatic heterocycles. The van der Waals surface area contributed by atoms with Gasteiger partial charge in [0.05, 0.1) is 26.1 Å². The molecule has 2 amide bonds. The zero-order valence-corrected chi connectivity index (χ0v) is 18.2. The topological polar surface area (TPSA) is 59.1 Å². The highest BCUT2D eigenvalue weighted by molar-refractivity contribution is 5.88. The van der Waals surface area contributed by atoms with Crippen molar-refractivity contribution in [3.8, 4) is 11.5 Å². The van der Waals surface area contributed by atoms with E-state index < -0.39 is 5.41 Å². The molecule has 6 nitrogen and oxygen atoms in total. The zero-order chi connectivity index (χ0) is 21.7. The number of amides is 2. The lowest BCUT2D eigenvalue weighted by Crippen LogP contribution is -2.54. The smallest absolute Gasteiger partial charge is 0.232 e. The Balaban J connectivity index is 1.59. The van der Waals surface area contributed by atoms with Crippen LogP contribution in [0, 0.1) is 0 Å². The van der Waals surface area contributed by atoms with Gasteiger partial charge in [0.15, 0.2) is 11.5 Å². The van der Waals surface area contributed by atoms with Crippen LogP contribution >= 0.6 is 0 Å². The number of rotatable bonds is 6. The number of ether oxygens (including phenoxy) is 2. The molecule has 30 heavy (non-hydrogen) atoms. The van der Waals surface area contributed by atoms with Crippen LogP contribution in [-0.2, 0) is 21.4 Å². The third-order valence-corrected chi connectivity index (χ3v) is 5.75. The van der Waals surface area contributed by atoms with E-state index in [4.69, 9.17) is 9.47 Å². The molecule has 0 N–H and O–H groups in total. The maximum absolute atomic E-state index is 13.1. The first kappa shape index (κ1) is 21.7. The van der Waals surface area contributed by atoms with E-state index >= 15 is 0 Å². The SMILES string of the molecule is COc1ccc(CC(=O)N2CCN(C(=O)C(C)(C)c3ccccc3)CC2)cc1OC. The van der Waals surface area contributed by atoms with E-state index in [0.717, 1.165) is 11.1 Å². The lowest BCUT2D eigenvalue weighted by atomic mass is 9.83. The van der Waals surface area contributed by atoms with E-state index in [1.165, 1.54) is 0 Å².